The molecule has 0 radical (unpaired) electrons. The summed E-state index contributed by atoms with van der Waals surface area (Å²) < 4.78 is 16.5. The van der Waals surface area contributed by atoms with Crippen molar-refractivity contribution in [2.75, 3.05) is 19.3 Å². The number of nitrogens with zero attached hydrogens (tertiary/aromatic N) is 3. The lowest BCUT2D eigenvalue weighted by molar-refractivity contribution is 0.584. The third-order valence-electron chi connectivity index (χ3n) is 4.71. The maximum absolute atomic E-state index is 14.5. The van der Waals surface area contributed by atoms with Crippen LogP contribution >= 0.6 is 35.7 Å². The lowest BCUT2D eigenvalue weighted by Gasteiger charge is -2.24. The van der Waals surface area contributed by atoms with Crippen LogP contribution in [-0.4, -0.2) is 39.6 Å². The second-order valence-corrected chi connectivity index (χ2v) is 8.49. The smallest absolute Gasteiger partial charge is 0.191 e. The highest BCUT2D eigenvalue weighted by atomic mass is 127. The van der Waals surface area contributed by atoms with E-state index in [1.165, 1.54) is 18.6 Å². The van der Waals surface area contributed by atoms with E-state index in [1.54, 1.807) is 36.1 Å². The largest absolute Gasteiger partial charge is 0.355 e. The molecule has 0 amide bonds. The fraction of sp³-hybridized carbons (Fsp3) is 0.474. The van der Waals surface area contributed by atoms with Crippen LogP contribution in [0.15, 0.2) is 35.6 Å². The van der Waals surface area contributed by atoms with Crippen LogP contribution in [0.3, 0.4) is 0 Å². The zero-order valence-corrected chi connectivity index (χ0v) is 19.1. The van der Waals surface area contributed by atoms with Gasteiger partial charge in [0.15, 0.2) is 5.96 Å². The van der Waals surface area contributed by atoms with Crippen molar-refractivity contribution < 1.29 is 4.39 Å². The van der Waals surface area contributed by atoms with Crippen LogP contribution in [0.25, 0.3) is 5.69 Å². The molecule has 8 heteroatoms. The molecule has 1 saturated heterocycles. The molecular formula is C19H27FIN5S. The number of guanidine groups is 1. The van der Waals surface area contributed by atoms with Gasteiger partial charge >= 0.3 is 0 Å². The summed E-state index contributed by atoms with van der Waals surface area (Å²) in [4.78, 5) is 8.41. The number of thioether (sulfide) groups is 1. The standard InChI is InChI=1S/C19H26FN5S.HI/c1-14-22-8-9-25(14)17-6-5-15(11-16(17)20)12-23-18(21-3)24-13-19(2)7-4-10-26-19;/h5-6,8-9,11H,4,7,10,12-13H2,1-3H3,(H2,21,23,24);1H. The van der Waals surface area contributed by atoms with E-state index in [-0.39, 0.29) is 34.5 Å². The van der Waals surface area contributed by atoms with E-state index in [4.69, 9.17) is 0 Å². The maximum Gasteiger partial charge on any atom is 0.191 e. The highest BCUT2D eigenvalue weighted by Gasteiger charge is 2.29. The Balaban J connectivity index is 0.00000261. The number of hydrogen-bond acceptors (Lipinski definition) is 3. The van der Waals surface area contributed by atoms with Crippen molar-refractivity contribution in [1.82, 2.24) is 20.2 Å². The monoisotopic (exact) mass is 503 g/mol. The van der Waals surface area contributed by atoms with Gasteiger partial charge in [0.05, 0.1) is 5.69 Å². The lowest BCUT2D eigenvalue weighted by atomic mass is 10.1. The summed E-state index contributed by atoms with van der Waals surface area (Å²) >= 11 is 2.01. The normalized spacial score (nSPS) is 19.6. The summed E-state index contributed by atoms with van der Waals surface area (Å²) in [5.74, 6) is 2.47. The van der Waals surface area contributed by atoms with Crippen molar-refractivity contribution in [3.05, 3.63) is 47.8 Å². The third-order valence-corrected chi connectivity index (χ3v) is 6.25. The maximum atomic E-state index is 14.5. The van der Waals surface area contributed by atoms with Gasteiger partial charge in [-0.2, -0.15) is 11.8 Å². The number of aryl methyl sites for hydroxylation is 1. The predicted molar refractivity (Wildman–Crippen MR) is 122 cm³/mol. The zero-order chi connectivity index (χ0) is 18.6. The van der Waals surface area contributed by atoms with Crippen molar-refractivity contribution in [2.45, 2.75) is 38.0 Å². The van der Waals surface area contributed by atoms with Gasteiger partial charge in [0.1, 0.15) is 11.6 Å². The number of aromatic nitrogens is 2. The molecule has 1 unspecified atom stereocenters. The Hall–Kier alpha value is -1.29. The van der Waals surface area contributed by atoms with Crippen molar-refractivity contribution in [2.24, 2.45) is 4.99 Å². The van der Waals surface area contributed by atoms with Gasteiger partial charge in [-0.15, -0.1) is 24.0 Å². The first-order valence-corrected chi connectivity index (χ1v) is 9.86. The van der Waals surface area contributed by atoms with E-state index in [1.807, 2.05) is 24.8 Å². The summed E-state index contributed by atoms with van der Waals surface area (Å²) in [5.41, 5.74) is 1.38. The van der Waals surface area contributed by atoms with Gasteiger partial charge < -0.3 is 15.2 Å². The Labute approximate surface area is 181 Å². The summed E-state index contributed by atoms with van der Waals surface area (Å²) in [7, 11) is 1.75. The molecule has 1 fully saturated rings. The number of hydrogen-bond donors (Lipinski definition) is 2. The van der Waals surface area contributed by atoms with Crippen LogP contribution in [-0.2, 0) is 6.54 Å². The molecule has 0 aliphatic carbocycles. The summed E-state index contributed by atoms with van der Waals surface area (Å²) in [6.07, 6.45) is 5.93. The molecule has 0 saturated carbocycles. The van der Waals surface area contributed by atoms with Gasteiger partial charge in [0.25, 0.3) is 0 Å². The van der Waals surface area contributed by atoms with Gasteiger partial charge in [-0.1, -0.05) is 6.07 Å². The molecule has 1 atom stereocenters. The molecule has 2 N–H and O–H groups in total. The van der Waals surface area contributed by atoms with Gasteiger partial charge in [-0.25, -0.2) is 9.37 Å². The molecular weight excluding hydrogens is 476 g/mol. The molecule has 0 spiro atoms. The summed E-state index contributed by atoms with van der Waals surface area (Å²) in [6, 6.07) is 5.27. The molecule has 3 rings (SSSR count). The molecule has 1 aliphatic heterocycles. The molecule has 2 heterocycles. The molecule has 1 aliphatic rings. The SMILES string of the molecule is CN=C(NCc1ccc(-n2ccnc2C)c(F)c1)NCC1(C)CCCS1.I. The highest BCUT2D eigenvalue weighted by molar-refractivity contribution is 14.0. The molecule has 0 bridgehead atoms. The van der Waals surface area contributed by atoms with Crippen molar-refractivity contribution in [3.63, 3.8) is 0 Å². The first-order valence-electron chi connectivity index (χ1n) is 8.88. The Morgan fingerprint density at radius 2 is 2.22 bits per heavy atom. The number of benzene rings is 1. The number of imidazole rings is 1. The minimum Gasteiger partial charge on any atom is -0.355 e. The van der Waals surface area contributed by atoms with Gasteiger partial charge in [-0.05, 0) is 50.1 Å². The number of halogens is 2. The van der Waals surface area contributed by atoms with E-state index in [9.17, 15) is 4.39 Å². The average molecular weight is 503 g/mol. The van der Waals surface area contributed by atoms with E-state index in [0.29, 0.717) is 12.2 Å². The van der Waals surface area contributed by atoms with Crippen molar-refractivity contribution in [3.8, 4) is 5.69 Å². The van der Waals surface area contributed by atoms with Crippen LogP contribution in [0.4, 0.5) is 4.39 Å². The van der Waals surface area contributed by atoms with E-state index >= 15 is 0 Å². The fourth-order valence-electron chi connectivity index (χ4n) is 3.14. The average Bonchev–Trinajstić information content (AvgIpc) is 3.24. The number of rotatable bonds is 5. The van der Waals surface area contributed by atoms with E-state index < -0.39 is 0 Å². The van der Waals surface area contributed by atoms with E-state index in [0.717, 1.165) is 23.9 Å². The molecule has 148 valence electrons. The molecule has 5 nitrogen and oxygen atoms in total. The Morgan fingerprint density at radius 3 is 2.81 bits per heavy atom. The molecule has 27 heavy (non-hydrogen) atoms. The summed E-state index contributed by atoms with van der Waals surface area (Å²) in [6.45, 7) is 5.54. The summed E-state index contributed by atoms with van der Waals surface area (Å²) in [5, 5.41) is 6.65. The van der Waals surface area contributed by atoms with Crippen LogP contribution in [0.5, 0.6) is 0 Å². The van der Waals surface area contributed by atoms with Gasteiger partial charge in [0, 0.05) is 37.3 Å². The first-order chi connectivity index (χ1) is 12.5. The second kappa shape index (κ2) is 9.77. The Bertz CT molecular complexity index is 786. The van der Waals surface area contributed by atoms with Crippen LogP contribution in [0, 0.1) is 12.7 Å². The van der Waals surface area contributed by atoms with Crippen LogP contribution < -0.4 is 10.6 Å². The number of nitrogens with one attached hydrogen (secondary N) is 2. The lowest BCUT2D eigenvalue weighted by Crippen LogP contribution is -2.43. The zero-order valence-electron chi connectivity index (χ0n) is 16.0. The van der Waals surface area contributed by atoms with Crippen molar-refractivity contribution >= 4 is 41.7 Å². The second-order valence-electron chi connectivity index (χ2n) is 6.81. The number of aliphatic imine (C=N–C) groups is 1. The molecule has 1 aromatic heterocycles. The molecule has 2 aromatic rings. The molecule has 1 aromatic carbocycles. The predicted octanol–water partition coefficient (Wildman–Crippen LogP) is 3.89. The van der Waals surface area contributed by atoms with Gasteiger partial charge in [-0.3, -0.25) is 4.99 Å². The minimum absolute atomic E-state index is 0. The Morgan fingerprint density at radius 1 is 1.41 bits per heavy atom. The first kappa shape index (κ1) is 22.0. The van der Waals surface area contributed by atoms with Crippen molar-refractivity contribution in [1.29, 1.82) is 0 Å². The quantitative estimate of drug-likeness (QED) is 0.370. The topological polar surface area (TPSA) is 54.2 Å². The Kier molecular flexibility index (Phi) is 7.96. The van der Waals surface area contributed by atoms with Gasteiger partial charge in [0.2, 0.25) is 0 Å². The van der Waals surface area contributed by atoms with E-state index in [2.05, 4.69) is 27.5 Å². The fourth-order valence-corrected chi connectivity index (χ4v) is 4.39. The van der Waals surface area contributed by atoms with Crippen LogP contribution in [0.1, 0.15) is 31.2 Å². The third kappa shape index (κ3) is 5.60. The van der Waals surface area contributed by atoms with Crippen LogP contribution in [0.2, 0.25) is 0 Å². The minimum atomic E-state index is -0.261. The highest BCUT2D eigenvalue weighted by Crippen LogP contribution is 2.36.